The Hall–Kier alpha value is -1.98. The van der Waals surface area contributed by atoms with Crippen LogP contribution in [0.4, 0.5) is 10.1 Å². The fourth-order valence-corrected chi connectivity index (χ4v) is 1.95. The predicted octanol–water partition coefficient (Wildman–Crippen LogP) is 1.84. The van der Waals surface area contributed by atoms with Crippen molar-refractivity contribution in [1.82, 2.24) is 10.4 Å². The first-order valence-electron chi connectivity index (χ1n) is 5.95. The van der Waals surface area contributed by atoms with E-state index in [9.17, 15) is 4.39 Å². The lowest BCUT2D eigenvalue weighted by Gasteiger charge is -2.19. The molecule has 2 aromatic rings. The Bertz CT molecular complexity index is 557. The third-order valence-corrected chi connectivity index (χ3v) is 2.95. The van der Waals surface area contributed by atoms with Crippen LogP contribution in [0.5, 0.6) is 0 Å². The molecule has 1 aromatic carbocycles. The summed E-state index contributed by atoms with van der Waals surface area (Å²) in [4.78, 5) is 5.86. The Labute approximate surface area is 112 Å². The molecule has 0 radical (unpaired) electrons. The van der Waals surface area contributed by atoms with Crippen LogP contribution in [0, 0.1) is 5.82 Å². The average Bonchev–Trinajstić information content (AvgIpc) is 2.40. The molecule has 19 heavy (non-hydrogen) atoms. The second-order valence-corrected chi connectivity index (χ2v) is 4.53. The number of nitrogens with zero attached hydrogens (tertiary/aromatic N) is 2. The zero-order valence-electron chi connectivity index (χ0n) is 11.0. The third kappa shape index (κ3) is 3.07. The summed E-state index contributed by atoms with van der Waals surface area (Å²) in [5.41, 5.74) is 5.41. The number of hydrogen-bond donors (Lipinski definition) is 2. The number of benzene rings is 1. The highest BCUT2D eigenvalue weighted by Gasteiger charge is 2.14. The molecule has 0 aliphatic heterocycles. The van der Waals surface area contributed by atoms with E-state index in [1.807, 2.05) is 43.3 Å². The van der Waals surface area contributed by atoms with Gasteiger partial charge in [0.2, 0.25) is 0 Å². The smallest absolute Gasteiger partial charge is 0.141 e. The molecule has 0 fully saturated rings. The zero-order chi connectivity index (χ0) is 13.8. The maximum absolute atomic E-state index is 13.2. The van der Waals surface area contributed by atoms with Gasteiger partial charge in [-0.1, -0.05) is 12.1 Å². The molecule has 1 unspecified atom stereocenters. The van der Waals surface area contributed by atoms with Crippen LogP contribution < -0.4 is 16.2 Å². The number of halogens is 1. The van der Waals surface area contributed by atoms with Crippen molar-refractivity contribution >= 4 is 5.69 Å². The maximum Gasteiger partial charge on any atom is 0.141 e. The number of pyridine rings is 1. The van der Waals surface area contributed by atoms with Crippen molar-refractivity contribution in [2.75, 3.05) is 19.0 Å². The van der Waals surface area contributed by atoms with Crippen LogP contribution >= 0.6 is 0 Å². The van der Waals surface area contributed by atoms with E-state index in [1.54, 1.807) is 6.20 Å². The highest BCUT2D eigenvalue weighted by Crippen LogP contribution is 2.24. The second kappa shape index (κ2) is 5.77. The molecular weight excluding hydrogens is 243 g/mol. The lowest BCUT2D eigenvalue weighted by Crippen LogP contribution is -2.29. The fraction of sp³-hybridized carbons (Fsp3) is 0.214. The standard InChI is InChI=1S/C14H17FN4/c1-19(2)13-5-3-4-10(7-13)14(18-16)11-6-12(15)9-17-8-11/h3-9,14,18H,16H2,1-2H3. The molecule has 100 valence electrons. The molecule has 0 aliphatic carbocycles. The SMILES string of the molecule is CN(C)c1cccc(C(NN)c2cncc(F)c2)c1. The number of hydrazine groups is 1. The number of nitrogens with one attached hydrogen (secondary N) is 1. The molecule has 1 atom stereocenters. The topological polar surface area (TPSA) is 54.2 Å². The minimum Gasteiger partial charge on any atom is -0.378 e. The molecule has 0 saturated carbocycles. The van der Waals surface area contributed by atoms with Gasteiger partial charge in [0.15, 0.2) is 0 Å². The molecule has 1 aromatic heterocycles. The predicted molar refractivity (Wildman–Crippen MR) is 74.1 cm³/mol. The van der Waals surface area contributed by atoms with Crippen molar-refractivity contribution in [3.63, 3.8) is 0 Å². The van der Waals surface area contributed by atoms with Gasteiger partial charge in [0, 0.05) is 26.0 Å². The Morgan fingerprint density at radius 1 is 1.21 bits per heavy atom. The van der Waals surface area contributed by atoms with Gasteiger partial charge < -0.3 is 4.90 Å². The maximum atomic E-state index is 13.2. The summed E-state index contributed by atoms with van der Waals surface area (Å²) in [7, 11) is 3.93. The Morgan fingerprint density at radius 2 is 2.00 bits per heavy atom. The summed E-state index contributed by atoms with van der Waals surface area (Å²) in [6, 6.07) is 9.04. The van der Waals surface area contributed by atoms with Crippen molar-refractivity contribution in [1.29, 1.82) is 0 Å². The summed E-state index contributed by atoms with van der Waals surface area (Å²) < 4.78 is 13.2. The van der Waals surface area contributed by atoms with Crippen LogP contribution in [-0.2, 0) is 0 Å². The minimum absolute atomic E-state index is 0.289. The lowest BCUT2D eigenvalue weighted by molar-refractivity contribution is 0.598. The molecule has 3 N–H and O–H groups in total. The highest BCUT2D eigenvalue weighted by molar-refractivity contribution is 5.49. The minimum atomic E-state index is -0.374. The van der Waals surface area contributed by atoms with Crippen LogP contribution in [-0.4, -0.2) is 19.1 Å². The van der Waals surface area contributed by atoms with E-state index >= 15 is 0 Å². The molecule has 5 heteroatoms. The molecule has 0 amide bonds. The van der Waals surface area contributed by atoms with Crippen LogP contribution in [0.1, 0.15) is 17.2 Å². The zero-order valence-corrected chi connectivity index (χ0v) is 11.0. The largest absolute Gasteiger partial charge is 0.378 e. The van der Waals surface area contributed by atoms with Crippen molar-refractivity contribution < 1.29 is 4.39 Å². The van der Waals surface area contributed by atoms with Gasteiger partial charge >= 0.3 is 0 Å². The van der Waals surface area contributed by atoms with E-state index in [2.05, 4.69) is 10.4 Å². The van der Waals surface area contributed by atoms with Crippen molar-refractivity contribution in [2.24, 2.45) is 5.84 Å². The van der Waals surface area contributed by atoms with Gasteiger partial charge in [0.25, 0.3) is 0 Å². The van der Waals surface area contributed by atoms with Crippen LogP contribution in [0.15, 0.2) is 42.7 Å². The van der Waals surface area contributed by atoms with Crippen LogP contribution in [0.2, 0.25) is 0 Å². The Balaban J connectivity index is 2.39. The molecular formula is C14H17FN4. The first-order valence-corrected chi connectivity index (χ1v) is 5.95. The van der Waals surface area contributed by atoms with Gasteiger partial charge in [0.1, 0.15) is 5.82 Å². The van der Waals surface area contributed by atoms with E-state index in [4.69, 9.17) is 5.84 Å². The van der Waals surface area contributed by atoms with E-state index in [-0.39, 0.29) is 11.9 Å². The average molecular weight is 260 g/mol. The van der Waals surface area contributed by atoms with Gasteiger partial charge in [-0.15, -0.1) is 0 Å². The van der Waals surface area contributed by atoms with E-state index < -0.39 is 0 Å². The van der Waals surface area contributed by atoms with Crippen molar-refractivity contribution in [2.45, 2.75) is 6.04 Å². The van der Waals surface area contributed by atoms with Gasteiger partial charge in [-0.3, -0.25) is 10.8 Å². The Kier molecular flexibility index (Phi) is 4.09. The summed E-state index contributed by atoms with van der Waals surface area (Å²) in [5, 5.41) is 0. The molecule has 1 heterocycles. The lowest BCUT2D eigenvalue weighted by atomic mass is 10.00. The van der Waals surface area contributed by atoms with Crippen molar-refractivity contribution in [3.8, 4) is 0 Å². The van der Waals surface area contributed by atoms with Gasteiger partial charge in [-0.2, -0.15) is 0 Å². The number of nitrogens with two attached hydrogens (primary N) is 1. The first kappa shape index (κ1) is 13.5. The Morgan fingerprint density at radius 3 is 2.63 bits per heavy atom. The molecule has 0 bridgehead atoms. The second-order valence-electron chi connectivity index (χ2n) is 4.53. The third-order valence-electron chi connectivity index (χ3n) is 2.95. The summed E-state index contributed by atoms with van der Waals surface area (Å²) >= 11 is 0. The summed E-state index contributed by atoms with van der Waals surface area (Å²) in [5.74, 6) is 5.23. The molecule has 0 spiro atoms. The highest BCUT2D eigenvalue weighted by atomic mass is 19.1. The number of anilines is 1. The van der Waals surface area contributed by atoms with Crippen molar-refractivity contribution in [3.05, 3.63) is 59.7 Å². The van der Waals surface area contributed by atoms with E-state index in [0.29, 0.717) is 5.56 Å². The van der Waals surface area contributed by atoms with Crippen LogP contribution in [0.25, 0.3) is 0 Å². The first-order chi connectivity index (χ1) is 9.11. The normalized spacial score (nSPS) is 12.2. The van der Waals surface area contributed by atoms with E-state index in [0.717, 1.165) is 11.3 Å². The molecule has 0 aliphatic rings. The van der Waals surface area contributed by atoms with Gasteiger partial charge in [-0.25, -0.2) is 9.82 Å². The molecule has 0 saturated heterocycles. The summed E-state index contributed by atoms with van der Waals surface area (Å²) in [6.07, 6.45) is 2.78. The number of aromatic nitrogens is 1. The molecule has 2 rings (SSSR count). The van der Waals surface area contributed by atoms with Gasteiger partial charge in [-0.05, 0) is 29.3 Å². The molecule has 4 nitrogen and oxygen atoms in total. The van der Waals surface area contributed by atoms with E-state index in [1.165, 1.54) is 12.3 Å². The quantitative estimate of drug-likeness (QED) is 0.650. The number of hydrogen-bond acceptors (Lipinski definition) is 4. The van der Waals surface area contributed by atoms with Crippen LogP contribution in [0.3, 0.4) is 0 Å². The fourth-order valence-electron chi connectivity index (χ4n) is 1.95. The monoisotopic (exact) mass is 260 g/mol. The number of rotatable bonds is 4. The summed E-state index contributed by atoms with van der Waals surface area (Å²) in [6.45, 7) is 0. The van der Waals surface area contributed by atoms with Gasteiger partial charge in [0.05, 0.1) is 12.2 Å².